The third-order valence-corrected chi connectivity index (χ3v) is 2.72. The molecule has 0 unspecified atom stereocenters. The first-order valence-electron chi connectivity index (χ1n) is 4.97. The van der Waals surface area contributed by atoms with E-state index in [-0.39, 0.29) is 0 Å². The second-order valence-corrected chi connectivity index (χ2v) is 4.56. The summed E-state index contributed by atoms with van der Waals surface area (Å²) in [6, 6.07) is 8.11. The highest BCUT2D eigenvalue weighted by atomic mass is 79.9. The lowest BCUT2D eigenvalue weighted by molar-refractivity contribution is 0.204. The summed E-state index contributed by atoms with van der Waals surface area (Å²) in [6.07, 6.45) is 0. The van der Waals surface area contributed by atoms with Crippen molar-refractivity contribution in [3.8, 4) is 0 Å². The van der Waals surface area contributed by atoms with E-state index in [9.17, 15) is 0 Å². The van der Waals surface area contributed by atoms with Crippen LogP contribution in [0.4, 0.5) is 0 Å². The van der Waals surface area contributed by atoms with Gasteiger partial charge in [-0.1, -0.05) is 28.1 Å². The summed E-state index contributed by atoms with van der Waals surface area (Å²) in [5.41, 5.74) is 1.19. The molecule has 0 spiro atoms. The van der Waals surface area contributed by atoms with Crippen LogP contribution in [0.15, 0.2) is 28.7 Å². The van der Waals surface area contributed by atoms with Crippen LogP contribution in [0, 0.1) is 0 Å². The Balaban J connectivity index is 2.26. The quantitative estimate of drug-likeness (QED) is 0.644. The Morgan fingerprint density at radius 2 is 2.25 bits per heavy atom. The maximum atomic E-state index is 5.11. The molecule has 1 aromatic carbocycles. The fourth-order valence-electron chi connectivity index (χ4n) is 1.16. The predicted octanol–water partition coefficient (Wildman–Crippen LogP) is 2.06. The molecule has 0 aliphatic rings. The molecule has 0 fully saturated rings. The van der Waals surface area contributed by atoms with Crippen molar-refractivity contribution in [3.63, 3.8) is 0 Å². The van der Waals surface area contributed by atoms with Crippen LogP contribution < -0.4 is 10.6 Å². The second-order valence-electron chi connectivity index (χ2n) is 3.23. The summed E-state index contributed by atoms with van der Waals surface area (Å²) in [5, 5.41) is 6.83. The molecule has 0 radical (unpaired) electrons. The van der Waals surface area contributed by atoms with Crippen LogP contribution in [-0.4, -0.2) is 25.4 Å². The summed E-state index contributed by atoms with van der Waals surface area (Å²) < 4.78 is 5.99. The van der Waals surface area contributed by atoms with Gasteiger partial charge in [-0.15, -0.1) is 0 Å². The van der Waals surface area contributed by atoms with Gasteiger partial charge in [-0.3, -0.25) is 0 Å². The number of ether oxygens (including phenoxy) is 1. The molecule has 0 atom stereocenters. The van der Waals surface area contributed by atoms with Crippen LogP contribution in [0.25, 0.3) is 0 Å². The summed E-state index contributed by atoms with van der Waals surface area (Å²) >= 11 is 8.54. The monoisotopic (exact) mass is 302 g/mol. The molecule has 0 heterocycles. The molecule has 2 N–H and O–H groups in total. The van der Waals surface area contributed by atoms with Gasteiger partial charge in [0.15, 0.2) is 5.11 Å². The molecular formula is C11H15BrN2OS. The van der Waals surface area contributed by atoms with E-state index in [1.54, 1.807) is 7.11 Å². The standard InChI is InChI=1S/C11H15BrN2OS/c1-15-6-5-13-11(16)14-8-9-3-2-4-10(12)7-9/h2-4,7H,5-6,8H2,1H3,(H2,13,14,16). The largest absolute Gasteiger partial charge is 0.383 e. The summed E-state index contributed by atoms with van der Waals surface area (Å²) in [6.45, 7) is 2.10. The molecule has 0 saturated heterocycles. The maximum absolute atomic E-state index is 5.11. The normalized spacial score (nSPS) is 9.88. The highest BCUT2D eigenvalue weighted by Crippen LogP contribution is 2.11. The molecule has 16 heavy (non-hydrogen) atoms. The topological polar surface area (TPSA) is 33.3 Å². The first-order chi connectivity index (χ1) is 7.72. The first kappa shape index (κ1) is 13.4. The van der Waals surface area contributed by atoms with Gasteiger partial charge in [0.2, 0.25) is 0 Å². The average Bonchev–Trinajstić information content (AvgIpc) is 2.27. The van der Waals surface area contributed by atoms with Crippen molar-refractivity contribution in [1.82, 2.24) is 10.6 Å². The molecule has 1 rings (SSSR count). The Morgan fingerprint density at radius 1 is 1.44 bits per heavy atom. The van der Waals surface area contributed by atoms with E-state index in [0.29, 0.717) is 11.7 Å². The number of benzene rings is 1. The molecule has 0 aliphatic heterocycles. The molecule has 0 amide bonds. The number of methoxy groups -OCH3 is 1. The number of rotatable bonds is 5. The van der Waals surface area contributed by atoms with Crippen LogP contribution in [-0.2, 0) is 11.3 Å². The Morgan fingerprint density at radius 3 is 2.94 bits per heavy atom. The van der Waals surface area contributed by atoms with E-state index >= 15 is 0 Å². The summed E-state index contributed by atoms with van der Waals surface area (Å²) in [5.74, 6) is 0. The average molecular weight is 303 g/mol. The van der Waals surface area contributed by atoms with Crippen molar-refractivity contribution in [3.05, 3.63) is 34.3 Å². The van der Waals surface area contributed by atoms with Crippen LogP contribution in [0.1, 0.15) is 5.56 Å². The van der Waals surface area contributed by atoms with Crippen molar-refractivity contribution >= 4 is 33.3 Å². The van der Waals surface area contributed by atoms with Crippen LogP contribution in [0.5, 0.6) is 0 Å². The van der Waals surface area contributed by atoms with Crippen molar-refractivity contribution in [2.75, 3.05) is 20.3 Å². The van der Waals surface area contributed by atoms with Crippen LogP contribution in [0.3, 0.4) is 0 Å². The van der Waals surface area contributed by atoms with Gasteiger partial charge in [-0.05, 0) is 29.9 Å². The molecular weight excluding hydrogens is 288 g/mol. The minimum absolute atomic E-state index is 0.650. The van der Waals surface area contributed by atoms with E-state index in [1.807, 2.05) is 12.1 Å². The lowest BCUT2D eigenvalue weighted by Gasteiger charge is -2.10. The molecule has 0 aromatic heterocycles. The van der Waals surface area contributed by atoms with Gasteiger partial charge in [-0.2, -0.15) is 0 Å². The fourth-order valence-corrected chi connectivity index (χ4v) is 1.78. The molecule has 1 aromatic rings. The molecule has 0 aliphatic carbocycles. The van der Waals surface area contributed by atoms with E-state index in [4.69, 9.17) is 17.0 Å². The Labute approximate surface area is 110 Å². The molecule has 5 heteroatoms. The van der Waals surface area contributed by atoms with Gasteiger partial charge in [-0.25, -0.2) is 0 Å². The maximum Gasteiger partial charge on any atom is 0.166 e. The third kappa shape index (κ3) is 5.44. The Bertz CT molecular complexity index is 347. The van der Waals surface area contributed by atoms with E-state index < -0.39 is 0 Å². The minimum Gasteiger partial charge on any atom is -0.383 e. The lowest BCUT2D eigenvalue weighted by Crippen LogP contribution is -2.36. The van der Waals surface area contributed by atoms with Crippen molar-refractivity contribution in [2.45, 2.75) is 6.54 Å². The zero-order chi connectivity index (χ0) is 11.8. The smallest absolute Gasteiger partial charge is 0.166 e. The highest BCUT2D eigenvalue weighted by molar-refractivity contribution is 9.10. The van der Waals surface area contributed by atoms with Gasteiger partial charge in [0.05, 0.1) is 6.61 Å². The number of nitrogens with one attached hydrogen (secondary N) is 2. The van der Waals surface area contributed by atoms with Crippen LogP contribution >= 0.6 is 28.1 Å². The fraction of sp³-hybridized carbons (Fsp3) is 0.364. The van der Waals surface area contributed by atoms with Crippen molar-refractivity contribution in [1.29, 1.82) is 0 Å². The number of halogens is 1. The van der Waals surface area contributed by atoms with Gasteiger partial charge in [0, 0.05) is 24.7 Å². The van der Waals surface area contributed by atoms with Crippen LogP contribution in [0.2, 0.25) is 0 Å². The van der Waals surface area contributed by atoms with E-state index in [1.165, 1.54) is 5.56 Å². The minimum atomic E-state index is 0.650. The van der Waals surface area contributed by atoms with E-state index in [2.05, 4.69) is 38.7 Å². The number of hydrogen-bond donors (Lipinski definition) is 2. The van der Waals surface area contributed by atoms with Crippen molar-refractivity contribution < 1.29 is 4.74 Å². The lowest BCUT2D eigenvalue weighted by atomic mass is 10.2. The SMILES string of the molecule is COCCNC(=S)NCc1cccc(Br)c1. The van der Waals surface area contributed by atoms with Gasteiger partial charge in [0.1, 0.15) is 0 Å². The van der Waals surface area contributed by atoms with Gasteiger partial charge in [0.25, 0.3) is 0 Å². The van der Waals surface area contributed by atoms with Crippen molar-refractivity contribution in [2.24, 2.45) is 0 Å². The Kier molecular flexibility index (Phi) is 6.37. The zero-order valence-electron chi connectivity index (χ0n) is 9.13. The molecule has 3 nitrogen and oxygen atoms in total. The molecule has 0 saturated carbocycles. The molecule has 0 bridgehead atoms. The van der Waals surface area contributed by atoms with E-state index in [0.717, 1.165) is 17.6 Å². The summed E-state index contributed by atoms with van der Waals surface area (Å²) in [7, 11) is 1.67. The highest BCUT2D eigenvalue weighted by Gasteiger charge is 1.96. The van der Waals surface area contributed by atoms with Gasteiger partial charge >= 0.3 is 0 Å². The third-order valence-electron chi connectivity index (χ3n) is 1.93. The Hall–Kier alpha value is -0.650. The molecule has 88 valence electrons. The number of thiocarbonyl (C=S) groups is 1. The summed E-state index contributed by atoms with van der Waals surface area (Å²) in [4.78, 5) is 0. The number of hydrogen-bond acceptors (Lipinski definition) is 2. The second kappa shape index (κ2) is 7.60. The zero-order valence-corrected chi connectivity index (χ0v) is 11.5. The predicted molar refractivity (Wildman–Crippen MR) is 73.5 cm³/mol. The first-order valence-corrected chi connectivity index (χ1v) is 6.17. The van der Waals surface area contributed by atoms with Gasteiger partial charge < -0.3 is 15.4 Å².